The first kappa shape index (κ1) is 14.5. The van der Waals surface area contributed by atoms with E-state index in [0.29, 0.717) is 11.8 Å². The minimum Gasteiger partial charge on any atom is -0.480 e. The van der Waals surface area contributed by atoms with Crippen molar-refractivity contribution in [3.05, 3.63) is 0 Å². The Bertz CT molecular complexity index is 277. The Kier molecular flexibility index (Phi) is 4.59. The molecule has 0 amide bonds. The van der Waals surface area contributed by atoms with E-state index >= 15 is 0 Å². The SMILES string of the molecule is CCN(C)C1(C(=O)O)CC(C)CCC1C(C)C. The molecule has 0 aromatic rings. The molecular weight excluding hydrogens is 214 g/mol. The van der Waals surface area contributed by atoms with Gasteiger partial charge in [-0.3, -0.25) is 9.69 Å². The zero-order valence-electron chi connectivity index (χ0n) is 11.9. The van der Waals surface area contributed by atoms with Gasteiger partial charge in [0.05, 0.1) is 0 Å². The van der Waals surface area contributed by atoms with Gasteiger partial charge in [-0.25, -0.2) is 0 Å². The van der Waals surface area contributed by atoms with Crippen molar-refractivity contribution in [3.63, 3.8) is 0 Å². The Morgan fingerprint density at radius 2 is 2.06 bits per heavy atom. The van der Waals surface area contributed by atoms with Crippen molar-refractivity contribution in [3.8, 4) is 0 Å². The predicted octanol–water partition coefficient (Wildman–Crippen LogP) is 2.85. The van der Waals surface area contributed by atoms with Crippen LogP contribution in [-0.4, -0.2) is 35.1 Å². The highest BCUT2D eigenvalue weighted by molar-refractivity contribution is 5.79. The summed E-state index contributed by atoms with van der Waals surface area (Å²) >= 11 is 0. The smallest absolute Gasteiger partial charge is 0.324 e. The van der Waals surface area contributed by atoms with E-state index in [9.17, 15) is 9.90 Å². The number of rotatable bonds is 4. The molecule has 3 heteroatoms. The topological polar surface area (TPSA) is 40.5 Å². The van der Waals surface area contributed by atoms with Crippen LogP contribution in [-0.2, 0) is 4.79 Å². The summed E-state index contributed by atoms with van der Waals surface area (Å²) in [6.45, 7) is 9.32. The second-order valence-electron chi connectivity index (χ2n) is 5.98. The van der Waals surface area contributed by atoms with E-state index in [2.05, 4.69) is 25.7 Å². The van der Waals surface area contributed by atoms with Crippen LogP contribution < -0.4 is 0 Å². The van der Waals surface area contributed by atoms with Gasteiger partial charge in [-0.1, -0.05) is 34.1 Å². The lowest BCUT2D eigenvalue weighted by atomic mass is 9.64. The maximum atomic E-state index is 11.9. The molecule has 3 nitrogen and oxygen atoms in total. The highest BCUT2D eigenvalue weighted by Crippen LogP contribution is 2.44. The third-order valence-corrected chi connectivity index (χ3v) is 4.57. The van der Waals surface area contributed by atoms with Gasteiger partial charge in [0, 0.05) is 0 Å². The number of likely N-dealkylation sites (N-methyl/N-ethyl adjacent to an activating group) is 1. The minimum absolute atomic E-state index is 0.265. The Hall–Kier alpha value is -0.570. The fraction of sp³-hybridized carbons (Fsp3) is 0.929. The van der Waals surface area contributed by atoms with Gasteiger partial charge in [0.25, 0.3) is 0 Å². The predicted molar refractivity (Wildman–Crippen MR) is 70.0 cm³/mol. The molecule has 3 atom stereocenters. The maximum Gasteiger partial charge on any atom is 0.324 e. The molecule has 0 heterocycles. The first-order valence-electron chi connectivity index (χ1n) is 6.80. The van der Waals surface area contributed by atoms with Crippen LogP contribution in [0.25, 0.3) is 0 Å². The molecule has 0 aromatic carbocycles. The molecule has 3 unspecified atom stereocenters. The molecule has 100 valence electrons. The van der Waals surface area contributed by atoms with Crippen molar-refractivity contribution in [2.24, 2.45) is 17.8 Å². The molecule has 0 spiro atoms. The molecule has 1 rings (SSSR count). The molecule has 1 aliphatic carbocycles. The highest BCUT2D eigenvalue weighted by Gasteiger charge is 2.52. The van der Waals surface area contributed by atoms with Gasteiger partial charge in [0.2, 0.25) is 0 Å². The van der Waals surface area contributed by atoms with Crippen LogP contribution in [0.2, 0.25) is 0 Å². The molecule has 0 bridgehead atoms. The number of carboxylic acid groups (broad SMARTS) is 1. The molecule has 1 N–H and O–H groups in total. The van der Waals surface area contributed by atoms with Crippen LogP contribution in [0.3, 0.4) is 0 Å². The molecule has 1 aliphatic rings. The Balaban J connectivity index is 3.14. The zero-order chi connectivity index (χ0) is 13.2. The van der Waals surface area contributed by atoms with Gasteiger partial charge >= 0.3 is 5.97 Å². The van der Waals surface area contributed by atoms with Gasteiger partial charge in [-0.05, 0) is 44.2 Å². The van der Waals surface area contributed by atoms with E-state index in [0.717, 1.165) is 25.8 Å². The van der Waals surface area contributed by atoms with Crippen LogP contribution in [0.15, 0.2) is 0 Å². The van der Waals surface area contributed by atoms with Gasteiger partial charge in [0.15, 0.2) is 0 Å². The number of nitrogens with zero attached hydrogens (tertiary/aromatic N) is 1. The highest BCUT2D eigenvalue weighted by atomic mass is 16.4. The van der Waals surface area contributed by atoms with Crippen molar-refractivity contribution in [1.82, 2.24) is 4.90 Å². The summed E-state index contributed by atoms with van der Waals surface area (Å²) in [4.78, 5) is 13.9. The molecule has 0 aliphatic heterocycles. The standard InChI is InChI=1S/C14H27NO2/c1-6-15(5)14(13(16)17)9-11(4)7-8-12(14)10(2)3/h10-12H,6-9H2,1-5H3,(H,16,17). The molecule has 1 saturated carbocycles. The number of aliphatic carboxylic acids is 1. The molecule has 0 radical (unpaired) electrons. The van der Waals surface area contributed by atoms with Crippen molar-refractivity contribution >= 4 is 5.97 Å². The molecule has 17 heavy (non-hydrogen) atoms. The summed E-state index contributed by atoms with van der Waals surface area (Å²) in [5.74, 6) is 0.566. The van der Waals surface area contributed by atoms with Crippen molar-refractivity contribution in [2.75, 3.05) is 13.6 Å². The monoisotopic (exact) mass is 241 g/mol. The van der Waals surface area contributed by atoms with Crippen molar-refractivity contribution < 1.29 is 9.90 Å². The summed E-state index contributed by atoms with van der Waals surface area (Å²) < 4.78 is 0. The summed E-state index contributed by atoms with van der Waals surface area (Å²) in [6, 6.07) is 0. The first-order valence-corrected chi connectivity index (χ1v) is 6.80. The lowest BCUT2D eigenvalue weighted by Crippen LogP contribution is -2.61. The van der Waals surface area contributed by atoms with Gasteiger partial charge in [-0.15, -0.1) is 0 Å². The summed E-state index contributed by atoms with van der Waals surface area (Å²) in [5.41, 5.74) is -0.652. The van der Waals surface area contributed by atoms with E-state index in [4.69, 9.17) is 0 Å². The Morgan fingerprint density at radius 1 is 1.47 bits per heavy atom. The van der Waals surface area contributed by atoms with Crippen LogP contribution in [0.4, 0.5) is 0 Å². The minimum atomic E-state index is -0.652. The first-order chi connectivity index (χ1) is 7.86. The van der Waals surface area contributed by atoms with E-state index < -0.39 is 11.5 Å². The third kappa shape index (κ3) is 2.49. The van der Waals surface area contributed by atoms with Crippen molar-refractivity contribution in [2.45, 2.75) is 52.5 Å². The second-order valence-corrected chi connectivity index (χ2v) is 5.98. The fourth-order valence-corrected chi connectivity index (χ4v) is 3.50. The maximum absolute atomic E-state index is 11.9. The lowest BCUT2D eigenvalue weighted by molar-refractivity contribution is -0.161. The number of hydrogen-bond acceptors (Lipinski definition) is 2. The third-order valence-electron chi connectivity index (χ3n) is 4.57. The average molecular weight is 241 g/mol. The summed E-state index contributed by atoms with van der Waals surface area (Å²) in [7, 11) is 1.96. The Labute approximate surface area is 105 Å². The van der Waals surface area contributed by atoms with Crippen LogP contribution in [0.5, 0.6) is 0 Å². The fourth-order valence-electron chi connectivity index (χ4n) is 3.50. The van der Waals surface area contributed by atoms with E-state index in [1.165, 1.54) is 0 Å². The molecule has 1 fully saturated rings. The second kappa shape index (κ2) is 5.38. The van der Waals surface area contributed by atoms with Crippen molar-refractivity contribution in [1.29, 1.82) is 0 Å². The molecule has 0 aromatic heterocycles. The summed E-state index contributed by atoms with van der Waals surface area (Å²) in [5, 5.41) is 9.79. The van der Waals surface area contributed by atoms with E-state index in [1.807, 2.05) is 14.0 Å². The molecule has 0 saturated heterocycles. The average Bonchev–Trinajstić information content (AvgIpc) is 2.26. The van der Waals surface area contributed by atoms with Gasteiger partial charge in [-0.2, -0.15) is 0 Å². The number of carbonyl (C=O) groups is 1. The van der Waals surface area contributed by atoms with E-state index in [1.54, 1.807) is 0 Å². The van der Waals surface area contributed by atoms with Crippen LogP contribution >= 0.6 is 0 Å². The van der Waals surface area contributed by atoms with Gasteiger partial charge in [0.1, 0.15) is 5.54 Å². The van der Waals surface area contributed by atoms with Crippen LogP contribution in [0.1, 0.15) is 47.0 Å². The number of hydrogen-bond donors (Lipinski definition) is 1. The normalized spacial score (nSPS) is 34.3. The van der Waals surface area contributed by atoms with Gasteiger partial charge < -0.3 is 5.11 Å². The summed E-state index contributed by atoms with van der Waals surface area (Å²) in [6.07, 6.45) is 2.99. The largest absolute Gasteiger partial charge is 0.480 e. The number of carboxylic acids is 1. The Morgan fingerprint density at radius 3 is 2.47 bits per heavy atom. The lowest BCUT2D eigenvalue weighted by Gasteiger charge is -2.50. The quantitative estimate of drug-likeness (QED) is 0.822. The zero-order valence-corrected chi connectivity index (χ0v) is 11.9. The van der Waals surface area contributed by atoms with Crippen LogP contribution in [0, 0.1) is 17.8 Å². The molecular formula is C14H27NO2. The van der Waals surface area contributed by atoms with E-state index in [-0.39, 0.29) is 5.92 Å².